The summed E-state index contributed by atoms with van der Waals surface area (Å²) in [5.74, 6) is 0.00708. The molecule has 0 radical (unpaired) electrons. The topological polar surface area (TPSA) is 62.7 Å². The lowest BCUT2D eigenvalue weighted by Crippen LogP contribution is -2.32. The first-order valence-electron chi connectivity index (χ1n) is 8.31. The molecule has 0 spiro atoms. The van der Waals surface area contributed by atoms with Gasteiger partial charge in [-0.15, -0.1) is 0 Å². The molecule has 5 nitrogen and oxygen atoms in total. The Morgan fingerprint density at radius 1 is 1.28 bits per heavy atom. The second-order valence-corrected chi connectivity index (χ2v) is 6.46. The molecular weight excluding hydrogens is 323 g/mol. The zero-order chi connectivity index (χ0) is 18.0. The molecule has 0 aliphatic carbocycles. The Morgan fingerprint density at radius 3 is 2.60 bits per heavy atom. The van der Waals surface area contributed by atoms with Crippen molar-refractivity contribution >= 4 is 5.91 Å². The molecule has 1 aliphatic heterocycles. The highest BCUT2D eigenvalue weighted by molar-refractivity contribution is 5.93. The van der Waals surface area contributed by atoms with Crippen LogP contribution in [0.1, 0.15) is 42.4 Å². The minimum atomic E-state index is -0.609. The number of aliphatic hydroxyl groups excluding tert-OH is 1. The van der Waals surface area contributed by atoms with Crippen LogP contribution in [0.2, 0.25) is 0 Å². The molecule has 132 valence electrons. The van der Waals surface area contributed by atoms with Gasteiger partial charge in [0.2, 0.25) is 0 Å². The average Bonchev–Trinajstić information content (AvgIpc) is 2.97. The second-order valence-electron chi connectivity index (χ2n) is 6.46. The Balaban J connectivity index is 1.80. The van der Waals surface area contributed by atoms with E-state index in [0.717, 1.165) is 5.56 Å². The van der Waals surface area contributed by atoms with E-state index in [4.69, 9.17) is 4.74 Å². The van der Waals surface area contributed by atoms with Gasteiger partial charge in [0.1, 0.15) is 17.3 Å². The van der Waals surface area contributed by atoms with Gasteiger partial charge in [-0.2, -0.15) is 0 Å². The van der Waals surface area contributed by atoms with Crippen molar-refractivity contribution in [2.75, 3.05) is 6.54 Å². The van der Waals surface area contributed by atoms with Gasteiger partial charge in [-0.25, -0.2) is 9.37 Å². The highest BCUT2D eigenvalue weighted by atomic mass is 19.1. The number of benzene rings is 1. The van der Waals surface area contributed by atoms with Crippen LogP contribution in [0.4, 0.5) is 4.39 Å². The summed E-state index contributed by atoms with van der Waals surface area (Å²) in [5, 5.41) is 10.0. The van der Waals surface area contributed by atoms with Gasteiger partial charge in [-0.1, -0.05) is 12.1 Å². The van der Waals surface area contributed by atoms with Gasteiger partial charge < -0.3 is 14.7 Å². The highest BCUT2D eigenvalue weighted by Gasteiger charge is 2.36. The van der Waals surface area contributed by atoms with Crippen molar-refractivity contribution in [2.45, 2.75) is 38.5 Å². The summed E-state index contributed by atoms with van der Waals surface area (Å²) in [6.07, 6.45) is 1.36. The molecule has 1 N–H and O–H groups in total. The van der Waals surface area contributed by atoms with E-state index in [1.165, 1.54) is 18.3 Å². The fourth-order valence-corrected chi connectivity index (χ4v) is 3.04. The van der Waals surface area contributed by atoms with E-state index in [0.29, 0.717) is 12.2 Å². The molecule has 2 heterocycles. The number of hydrogen-bond acceptors (Lipinski definition) is 4. The lowest BCUT2D eigenvalue weighted by Gasteiger charge is -2.24. The molecular formula is C19H21FN2O3. The molecule has 1 aromatic carbocycles. The molecule has 6 heteroatoms. The van der Waals surface area contributed by atoms with Crippen molar-refractivity contribution in [1.29, 1.82) is 0 Å². The number of ether oxygens (including phenoxy) is 1. The van der Waals surface area contributed by atoms with Gasteiger partial charge in [0, 0.05) is 6.54 Å². The Labute approximate surface area is 146 Å². The number of aliphatic hydroxyl groups is 1. The van der Waals surface area contributed by atoms with E-state index in [1.807, 2.05) is 13.8 Å². The van der Waals surface area contributed by atoms with Gasteiger partial charge in [0.05, 0.1) is 24.4 Å². The van der Waals surface area contributed by atoms with Crippen LogP contribution in [0.15, 0.2) is 42.6 Å². The Bertz CT molecular complexity index is 731. The van der Waals surface area contributed by atoms with Gasteiger partial charge in [0.15, 0.2) is 0 Å². The number of β-amino-alcohol motifs (C(OH)–C–C–N with tert-alkyl or cyclic N) is 1. The van der Waals surface area contributed by atoms with Crippen molar-refractivity contribution in [3.05, 3.63) is 59.7 Å². The number of hydrogen-bond donors (Lipinski definition) is 1. The Morgan fingerprint density at radius 2 is 2.00 bits per heavy atom. The predicted octanol–water partition coefficient (Wildman–Crippen LogP) is 2.96. The molecule has 1 saturated heterocycles. The Hall–Kier alpha value is -2.47. The number of aromatic nitrogens is 1. The monoisotopic (exact) mass is 344 g/mol. The largest absolute Gasteiger partial charge is 0.489 e. The molecule has 2 aromatic rings. The molecule has 0 unspecified atom stereocenters. The summed E-state index contributed by atoms with van der Waals surface area (Å²) in [7, 11) is 0. The maximum absolute atomic E-state index is 13.1. The first kappa shape index (κ1) is 17.4. The normalized spacial score (nSPS) is 20.1. The molecule has 3 rings (SSSR count). The molecule has 25 heavy (non-hydrogen) atoms. The van der Waals surface area contributed by atoms with Crippen molar-refractivity contribution in [1.82, 2.24) is 9.88 Å². The number of halogens is 1. The molecule has 2 atom stereocenters. The number of nitrogens with zero attached hydrogens (tertiary/aromatic N) is 2. The quantitative estimate of drug-likeness (QED) is 0.926. The number of likely N-dealkylation sites (tertiary alicyclic amines) is 1. The fraction of sp³-hybridized carbons (Fsp3) is 0.368. The minimum Gasteiger partial charge on any atom is -0.489 e. The summed E-state index contributed by atoms with van der Waals surface area (Å²) in [4.78, 5) is 18.6. The molecule has 1 fully saturated rings. The first-order valence-corrected chi connectivity index (χ1v) is 8.31. The molecule has 0 bridgehead atoms. The van der Waals surface area contributed by atoms with Crippen molar-refractivity contribution in [3.8, 4) is 5.75 Å². The van der Waals surface area contributed by atoms with Gasteiger partial charge in [-0.05, 0) is 50.1 Å². The van der Waals surface area contributed by atoms with Crippen LogP contribution < -0.4 is 4.74 Å². The van der Waals surface area contributed by atoms with E-state index in [1.54, 1.807) is 29.2 Å². The fourth-order valence-electron chi connectivity index (χ4n) is 3.04. The molecule has 1 aromatic heterocycles. The Kier molecular flexibility index (Phi) is 4.99. The summed E-state index contributed by atoms with van der Waals surface area (Å²) in [5.41, 5.74) is 1.09. The summed E-state index contributed by atoms with van der Waals surface area (Å²) in [6.45, 7) is 4.06. The van der Waals surface area contributed by atoms with Crippen LogP contribution in [0.5, 0.6) is 5.75 Å². The average molecular weight is 344 g/mol. The third kappa shape index (κ3) is 3.96. The second kappa shape index (κ2) is 7.19. The van der Waals surface area contributed by atoms with Crippen LogP contribution in [-0.2, 0) is 0 Å². The third-order valence-electron chi connectivity index (χ3n) is 4.12. The molecule has 1 amide bonds. The number of amides is 1. The van der Waals surface area contributed by atoms with Gasteiger partial charge in [-0.3, -0.25) is 4.79 Å². The number of carbonyl (C=O) groups excluding carboxylic acids is 1. The van der Waals surface area contributed by atoms with Crippen LogP contribution in [0.25, 0.3) is 0 Å². The van der Waals surface area contributed by atoms with Crippen LogP contribution in [0, 0.1) is 5.82 Å². The van der Waals surface area contributed by atoms with Gasteiger partial charge >= 0.3 is 0 Å². The van der Waals surface area contributed by atoms with E-state index in [-0.39, 0.29) is 36.1 Å². The standard InChI is InChI=1S/C19H21FN2O3/c1-12(2)25-16-7-8-17(21-10-16)19(24)22-11-15(23)9-18(22)13-3-5-14(20)6-4-13/h3-8,10,12,15,18,23H,9,11H2,1-2H3/t15-,18-/m0/s1. The van der Waals surface area contributed by atoms with Crippen LogP contribution in [0.3, 0.4) is 0 Å². The summed E-state index contributed by atoms with van der Waals surface area (Å²) < 4.78 is 18.7. The molecule has 1 aliphatic rings. The van der Waals surface area contributed by atoms with Crippen molar-refractivity contribution in [2.24, 2.45) is 0 Å². The number of rotatable bonds is 4. The zero-order valence-corrected chi connectivity index (χ0v) is 14.2. The smallest absolute Gasteiger partial charge is 0.273 e. The predicted molar refractivity (Wildman–Crippen MR) is 90.8 cm³/mol. The number of carbonyl (C=O) groups is 1. The van der Waals surface area contributed by atoms with Crippen molar-refractivity contribution in [3.63, 3.8) is 0 Å². The maximum Gasteiger partial charge on any atom is 0.273 e. The zero-order valence-electron chi connectivity index (χ0n) is 14.2. The minimum absolute atomic E-state index is 0.0277. The number of pyridine rings is 1. The lowest BCUT2D eigenvalue weighted by atomic mass is 10.0. The van der Waals surface area contributed by atoms with Gasteiger partial charge in [0.25, 0.3) is 5.91 Å². The maximum atomic E-state index is 13.1. The van der Waals surface area contributed by atoms with Crippen LogP contribution in [-0.4, -0.2) is 39.7 Å². The summed E-state index contributed by atoms with van der Waals surface area (Å²) >= 11 is 0. The lowest BCUT2D eigenvalue weighted by molar-refractivity contribution is 0.0709. The summed E-state index contributed by atoms with van der Waals surface area (Å²) in [6, 6.07) is 9.04. The first-order chi connectivity index (χ1) is 11.9. The van der Waals surface area contributed by atoms with E-state index >= 15 is 0 Å². The SMILES string of the molecule is CC(C)Oc1ccc(C(=O)N2C[C@@H](O)C[C@H]2c2ccc(F)cc2)nc1. The third-order valence-corrected chi connectivity index (χ3v) is 4.12. The van der Waals surface area contributed by atoms with Crippen molar-refractivity contribution < 1.29 is 19.0 Å². The van der Waals surface area contributed by atoms with Crippen LogP contribution >= 0.6 is 0 Å². The van der Waals surface area contributed by atoms with E-state index in [2.05, 4.69) is 4.98 Å². The van der Waals surface area contributed by atoms with E-state index < -0.39 is 6.10 Å². The highest BCUT2D eigenvalue weighted by Crippen LogP contribution is 2.33. The molecule has 0 saturated carbocycles. The van der Waals surface area contributed by atoms with E-state index in [9.17, 15) is 14.3 Å².